The van der Waals surface area contributed by atoms with Crippen molar-refractivity contribution in [3.8, 4) is 0 Å². The molecule has 0 atom stereocenters. The number of amides is 1. The van der Waals surface area contributed by atoms with E-state index in [1.807, 2.05) is 24.0 Å². The third kappa shape index (κ3) is 4.90. The first-order valence-corrected chi connectivity index (χ1v) is 11.6. The highest BCUT2D eigenvalue weighted by Gasteiger charge is 2.24. The van der Waals surface area contributed by atoms with Gasteiger partial charge in [-0.3, -0.25) is 19.6 Å². The standard InChI is InChI=1S/C25H31N5O3/c1-3-33-17-18(2)24(31)30-13-9-21(15-22(30)26)29-12-7-8-19-14-20(16-27-23(19)29)25(32)28-10-5-4-6-11-28/h9,13-16,26H,2-8,10-12,17H2,1H3. The summed E-state index contributed by atoms with van der Waals surface area (Å²) in [5, 5.41) is 8.38. The molecule has 2 aromatic heterocycles. The summed E-state index contributed by atoms with van der Waals surface area (Å²) in [7, 11) is 0. The van der Waals surface area contributed by atoms with Crippen molar-refractivity contribution < 1.29 is 14.3 Å². The minimum Gasteiger partial charge on any atom is -0.377 e. The maximum absolute atomic E-state index is 12.9. The topological polar surface area (TPSA) is 91.5 Å². The highest BCUT2D eigenvalue weighted by Crippen LogP contribution is 2.31. The number of nitrogens with zero attached hydrogens (tertiary/aromatic N) is 4. The summed E-state index contributed by atoms with van der Waals surface area (Å²) in [5.74, 6) is 0.515. The number of piperidine rings is 1. The van der Waals surface area contributed by atoms with Crippen molar-refractivity contribution >= 4 is 23.3 Å². The van der Waals surface area contributed by atoms with E-state index in [0.29, 0.717) is 17.7 Å². The lowest BCUT2D eigenvalue weighted by atomic mass is 10.0. The van der Waals surface area contributed by atoms with Crippen LogP contribution < -0.4 is 10.4 Å². The molecule has 1 saturated heterocycles. The van der Waals surface area contributed by atoms with Crippen LogP contribution in [0.25, 0.3) is 0 Å². The second-order valence-corrected chi connectivity index (χ2v) is 8.50. The number of carbonyl (C=O) groups is 2. The van der Waals surface area contributed by atoms with Gasteiger partial charge in [-0.2, -0.15) is 0 Å². The summed E-state index contributed by atoms with van der Waals surface area (Å²) in [4.78, 5) is 34.1. The summed E-state index contributed by atoms with van der Waals surface area (Å²) in [6.07, 6.45) is 8.34. The first-order valence-electron chi connectivity index (χ1n) is 11.6. The van der Waals surface area contributed by atoms with Crippen molar-refractivity contribution in [2.75, 3.05) is 37.7 Å². The van der Waals surface area contributed by atoms with Crippen molar-refractivity contribution in [3.63, 3.8) is 0 Å². The first-order chi connectivity index (χ1) is 16.0. The van der Waals surface area contributed by atoms with Crippen LogP contribution in [0.3, 0.4) is 0 Å². The molecule has 0 aliphatic carbocycles. The SMILES string of the molecule is C=C(COCC)C(=O)n1ccc(N2CCCc3cc(C(=O)N4CCCCC4)cnc32)cc1=N. The van der Waals surface area contributed by atoms with Gasteiger partial charge in [-0.1, -0.05) is 6.58 Å². The molecule has 0 saturated carbocycles. The van der Waals surface area contributed by atoms with Crippen LogP contribution in [0.2, 0.25) is 0 Å². The zero-order valence-electron chi connectivity index (χ0n) is 19.2. The minimum absolute atomic E-state index is 0.0575. The quantitative estimate of drug-likeness (QED) is 0.683. The zero-order valence-corrected chi connectivity index (χ0v) is 19.2. The smallest absolute Gasteiger partial charge is 0.261 e. The van der Waals surface area contributed by atoms with E-state index in [4.69, 9.17) is 10.1 Å². The van der Waals surface area contributed by atoms with E-state index < -0.39 is 0 Å². The van der Waals surface area contributed by atoms with Gasteiger partial charge in [0.05, 0.1) is 12.2 Å². The number of carbonyl (C=O) groups excluding carboxylic acids is 2. The normalized spacial score (nSPS) is 15.8. The summed E-state index contributed by atoms with van der Waals surface area (Å²) in [5.41, 5.74) is 2.85. The number of aromatic nitrogens is 2. The molecule has 2 aliphatic rings. The van der Waals surface area contributed by atoms with Crippen molar-refractivity contribution in [3.05, 3.63) is 59.4 Å². The summed E-state index contributed by atoms with van der Waals surface area (Å²) in [6, 6.07) is 5.44. The van der Waals surface area contributed by atoms with Gasteiger partial charge in [0.1, 0.15) is 11.3 Å². The van der Waals surface area contributed by atoms with Crippen LogP contribution in [0, 0.1) is 5.41 Å². The third-order valence-electron chi connectivity index (χ3n) is 6.17. The molecule has 2 aliphatic heterocycles. The van der Waals surface area contributed by atoms with Crippen LogP contribution >= 0.6 is 0 Å². The number of nitrogens with one attached hydrogen (secondary N) is 1. The van der Waals surface area contributed by atoms with Gasteiger partial charge < -0.3 is 14.5 Å². The molecule has 8 nitrogen and oxygen atoms in total. The van der Waals surface area contributed by atoms with Gasteiger partial charge >= 0.3 is 0 Å². The monoisotopic (exact) mass is 449 g/mol. The highest BCUT2D eigenvalue weighted by atomic mass is 16.5. The van der Waals surface area contributed by atoms with Crippen LogP contribution in [-0.2, 0) is 11.2 Å². The average molecular weight is 450 g/mol. The predicted octanol–water partition coefficient (Wildman–Crippen LogP) is 3.31. The fraction of sp³-hybridized carbons (Fsp3) is 0.440. The largest absolute Gasteiger partial charge is 0.377 e. The number of aryl methyl sites for hydroxylation is 1. The molecule has 174 valence electrons. The van der Waals surface area contributed by atoms with Gasteiger partial charge in [0.15, 0.2) is 0 Å². The Morgan fingerprint density at radius 2 is 1.94 bits per heavy atom. The van der Waals surface area contributed by atoms with Crippen molar-refractivity contribution in [2.45, 2.75) is 39.0 Å². The van der Waals surface area contributed by atoms with Crippen LogP contribution in [0.1, 0.15) is 53.3 Å². The highest BCUT2D eigenvalue weighted by molar-refractivity contribution is 5.95. The number of likely N-dealkylation sites (tertiary alicyclic amines) is 1. The van der Waals surface area contributed by atoms with E-state index in [1.54, 1.807) is 18.5 Å². The Morgan fingerprint density at radius 1 is 1.15 bits per heavy atom. The van der Waals surface area contributed by atoms with Crippen molar-refractivity contribution in [2.24, 2.45) is 0 Å². The Balaban J connectivity index is 1.56. The Kier molecular flexibility index (Phi) is 7.03. The van der Waals surface area contributed by atoms with E-state index in [2.05, 4.69) is 16.5 Å². The Bertz CT molecular complexity index is 1120. The van der Waals surface area contributed by atoms with Crippen LogP contribution in [0.4, 0.5) is 11.5 Å². The molecule has 1 fully saturated rings. The van der Waals surface area contributed by atoms with Gasteiger partial charge in [0.25, 0.3) is 11.8 Å². The fourth-order valence-corrected chi connectivity index (χ4v) is 4.40. The third-order valence-corrected chi connectivity index (χ3v) is 6.17. The lowest BCUT2D eigenvalue weighted by Gasteiger charge is -2.31. The maximum atomic E-state index is 12.9. The number of ether oxygens (including phenoxy) is 1. The number of anilines is 2. The summed E-state index contributed by atoms with van der Waals surface area (Å²) < 4.78 is 6.53. The second kappa shape index (κ2) is 10.1. The molecule has 4 heterocycles. The van der Waals surface area contributed by atoms with Gasteiger partial charge in [0, 0.05) is 56.0 Å². The molecular formula is C25H31N5O3. The van der Waals surface area contributed by atoms with Crippen LogP contribution in [-0.4, -0.2) is 59.1 Å². The molecule has 1 amide bonds. The van der Waals surface area contributed by atoms with E-state index in [-0.39, 0.29) is 23.9 Å². The van der Waals surface area contributed by atoms with Gasteiger partial charge in [-0.15, -0.1) is 0 Å². The van der Waals surface area contributed by atoms with E-state index >= 15 is 0 Å². The lowest BCUT2D eigenvalue weighted by molar-refractivity contribution is 0.0723. The molecule has 0 aromatic carbocycles. The molecule has 33 heavy (non-hydrogen) atoms. The van der Waals surface area contributed by atoms with Gasteiger partial charge in [-0.25, -0.2) is 4.98 Å². The maximum Gasteiger partial charge on any atom is 0.261 e. The number of rotatable bonds is 6. The molecule has 0 spiro atoms. The van der Waals surface area contributed by atoms with Crippen molar-refractivity contribution in [1.29, 1.82) is 5.41 Å². The van der Waals surface area contributed by atoms with E-state index in [1.165, 1.54) is 11.0 Å². The molecule has 8 heteroatoms. The molecule has 1 N–H and O–H groups in total. The van der Waals surface area contributed by atoms with Crippen molar-refractivity contribution in [1.82, 2.24) is 14.5 Å². The molecular weight excluding hydrogens is 418 g/mol. The number of hydrogen-bond acceptors (Lipinski definition) is 6. The van der Waals surface area contributed by atoms with Crippen LogP contribution in [0.5, 0.6) is 0 Å². The molecule has 0 radical (unpaired) electrons. The second-order valence-electron chi connectivity index (χ2n) is 8.50. The average Bonchev–Trinajstić information content (AvgIpc) is 2.86. The summed E-state index contributed by atoms with van der Waals surface area (Å²) >= 11 is 0. The Morgan fingerprint density at radius 3 is 2.67 bits per heavy atom. The number of fused-ring (bicyclic) bond motifs is 1. The Labute approximate surface area is 194 Å². The lowest BCUT2D eigenvalue weighted by Crippen LogP contribution is -2.36. The number of hydrogen-bond donors (Lipinski definition) is 1. The summed E-state index contributed by atoms with van der Waals surface area (Å²) in [6.45, 7) is 8.66. The number of pyridine rings is 2. The van der Waals surface area contributed by atoms with E-state index in [0.717, 1.165) is 62.4 Å². The van der Waals surface area contributed by atoms with Gasteiger partial charge in [-0.05, 0) is 56.7 Å². The Hall–Kier alpha value is -3.26. The van der Waals surface area contributed by atoms with Crippen LogP contribution in [0.15, 0.2) is 42.7 Å². The molecule has 0 unspecified atom stereocenters. The van der Waals surface area contributed by atoms with Gasteiger partial charge in [0.2, 0.25) is 0 Å². The molecule has 4 rings (SSSR count). The minimum atomic E-state index is -0.349. The predicted molar refractivity (Wildman–Crippen MR) is 126 cm³/mol. The molecule has 2 aromatic rings. The zero-order chi connectivity index (χ0) is 23.4. The van der Waals surface area contributed by atoms with E-state index in [9.17, 15) is 9.59 Å². The first kappa shape index (κ1) is 22.9. The molecule has 0 bridgehead atoms. The fourth-order valence-electron chi connectivity index (χ4n) is 4.40.